The molecule has 0 aliphatic heterocycles. The number of H-pyrrole nitrogens is 2. The first-order valence-corrected chi connectivity index (χ1v) is 12.7. The second-order valence-corrected chi connectivity index (χ2v) is 9.55. The summed E-state index contributed by atoms with van der Waals surface area (Å²) < 4.78 is 6.24. The average molecular weight is 488 g/mol. The van der Waals surface area contributed by atoms with Crippen LogP contribution in [0.3, 0.4) is 0 Å². The van der Waals surface area contributed by atoms with Gasteiger partial charge in [-0.25, -0.2) is 0 Å². The van der Waals surface area contributed by atoms with Gasteiger partial charge >= 0.3 is 0 Å². The fraction of sp³-hybridized carbons (Fsp3) is 0.207. The van der Waals surface area contributed by atoms with Gasteiger partial charge in [-0.05, 0) is 49.9 Å². The summed E-state index contributed by atoms with van der Waals surface area (Å²) in [5.41, 5.74) is 7.33. The third-order valence-electron chi connectivity index (χ3n) is 7.08. The predicted molar refractivity (Wildman–Crippen MR) is 143 cm³/mol. The lowest BCUT2D eigenvalue weighted by atomic mass is 9.98. The standard InChI is InChI=1S/C29H25N7O/c1-2-6-20(7-3-1)37-21-9-19(13-31-14-21)25-11-23-28(17-33-25)35-36-29(23)26-10-22-24(15-32-16-27(22)34-26)18-5-4-8-30-12-18/h4-5,8-17,20,34H,1-3,6-7H2,(H,35,36). The van der Waals surface area contributed by atoms with E-state index in [1.165, 1.54) is 19.3 Å². The minimum atomic E-state index is 0.273. The van der Waals surface area contributed by atoms with Crippen molar-refractivity contribution in [3.63, 3.8) is 0 Å². The molecule has 1 aliphatic rings. The summed E-state index contributed by atoms with van der Waals surface area (Å²) in [6.45, 7) is 0. The Hall–Kier alpha value is -4.59. The molecule has 1 aliphatic carbocycles. The molecule has 8 nitrogen and oxygen atoms in total. The summed E-state index contributed by atoms with van der Waals surface area (Å²) in [5.74, 6) is 0.796. The average Bonchev–Trinajstić information content (AvgIpc) is 3.58. The Labute approximate surface area is 213 Å². The van der Waals surface area contributed by atoms with Crippen molar-refractivity contribution in [2.75, 3.05) is 0 Å². The van der Waals surface area contributed by atoms with E-state index in [0.717, 1.165) is 74.2 Å². The maximum absolute atomic E-state index is 6.24. The smallest absolute Gasteiger partial charge is 0.138 e. The molecule has 7 rings (SSSR count). The molecule has 0 bridgehead atoms. The van der Waals surface area contributed by atoms with Gasteiger partial charge in [0.1, 0.15) is 11.4 Å². The van der Waals surface area contributed by atoms with Gasteiger partial charge in [0.25, 0.3) is 0 Å². The van der Waals surface area contributed by atoms with E-state index in [2.05, 4.69) is 47.2 Å². The van der Waals surface area contributed by atoms with Crippen LogP contribution >= 0.6 is 0 Å². The summed E-state index contributed by atoms with van der Waals surface area (Å²) in [7, 11) is 0. The quantitative estimate of drug-likeness (QED) is 0.294. The predicted octanol–water partition coefficient (Wildman–Crippen LogP) is 6.34. The van der Waals surface area contributed by atoms with Crippen LogP contribution in [0.2, 0.25) is 0 Å². The first kappa shape index (κ1) is 21.7. The molecule has 6 heterocycles. The highest BCUT2D eigenvalue weighted by Gasteiger charge is 2.17. The number of hydrogen-bond donors (Lipinski definition) is 2. The van der Waals surface area contributed by atoms with Gasteiger partial charge in [0.05, 0.1) is 47.1 Å². The SMILES string of the molecule is c1cncc(-c2cncc3[nH]c(-c4n[nH]c5cnc(-c6cncc(OC7CCCCC7)c6)cc45)cc23)c1. The normalized spacial score (nSPS) is 14.4. The lowest BCUT2D eigenvalue weighted by Gasteiger charge is -2.22. The molecule has 0 spiro atoms. The van der Waals surface area contributed by atoms with Crippen molar-refractivity contribution in [3.8, 4) is 39.5 Å². The number of nitrogens with one attached hydrogen (secondary N) is 2. The summed E-state index contributed by atoms with van der Waals surface area (Å²) >= 11 is 0. The maximum Gasteiger partial charge on any atom is 0.138 e. The van der Waals surface area contributed by atoms with Gasteiger partial charge in [-0.2, -0.15) is 5.10 Å². The van der Waals surface area contributed by atoms with Gasteiger partial charge in [0.2, 0.25) is 0 Å². The highest BCUT2D eigenvalue weighted by atomic mass is 16.5. The summed E-state index contributed by atoms with van der Waals surface area (Å²) in [4.78, 5) is 21.3. The summed E-state index contributed by atoms with van der Waals surface area (Å²) in [5, 5.41) is 9.79. The van der Waals surface area contributed by atoms with Crippen LogP contribution in [0.15, 0.2) is 73.7 Å². The van der Waals surface area contributed by atoms with E-state index in [1.807, 2.05) is 49.2 Å². The van der Waals surface area contributed by atoms with Crippen LogP contribution in [-0.4, -0.2) is 41.2 Å². The number of nitrogens with zero attached hydrogens (tertiary/aromatic N) is 5. The van der Waals surface area contributed by atoms with E-state index in [9.17, 15) is 0 Å². The molecule has 0 unspecified atom stereocenters. The van der Waals surface area contributed by atoms with E-state index in [4.69, 9.17) is 4.74 Å². The van der Waals surface area contributed by atoms with Crippen LogP contribution < -0.4 is 4.74 Å². The van der Waals surface area contributed by atoms with Gasteiger partial charge < -0.3 is 9.72 Å². The Kier molecular flexibility index (Phi) is 5.35. The molecule has 1 saturated carbocycles. The number of fused-ring (bicyclic) bond motifs is 2. The lowest BCUT2D eigenvalue weighted by Crippen LogP contribution is -2.19. The molecule has 6 aromatic rings. The number of ether oxygens (including phenoxy) is 1. The van der Waals surface area contributed by atoms with Crippen molar-refractivity contribution in [3.05, 3.63) is 73.7 Å². The summed E-state index contributed by atoms with van der Waals surface area (Å²) in [6.07, 6.45) is 19.0. The zero-order valence-corrected chi connectivity index (χ0v) is 20.2. The van der Waals surface area contributed by atoms with Gasteiger partial charge in [-0.1, -0.05) is 12.5 Å². The number of aromatic amines is 2. The number of rotatable bonds is 5. The Morgan fingerprint density at radius 3 is 2.57 bits per heavy atom. The highest BCUT2D eigenvalue weighted by Crippen LogP contribution is 2.34. The molecule has 37 heavy (non-hydrogen) atoms. The molecular weight excluding hydrogens is 462 g/mol. The van der Waals surface area contributed by atoms with Crippen LogP contribution in [0.25, 0.3) is 55.6 Å². The van der Waals surface area contributed by atoms with Gasteiger partial charge in [0, 0.05) is 52.3 Å². The van der Waals surface area contributed by atoms with Crippen molar-refractivity contribution < 1.29 is 4.74 Å². The number of hydrogen-bond acceptors (Lipinski definition) is 6. The molecule has 8 heteroatoms. The second-order valence-electron chi connectivity index (χ2n) is 9.55. The molecule has 0 atom stereocenters. The van der Waals surface area contributed by atoms with Gasteiger partial charge in [-0.15, -0.1) is 0 Å². The lowest BCUT2D eigenvalue weighted by molar-refractivity contribution is 0.154. The number of pyridine rings is 4. The molecule has 0 radical (unpaired) electrons. The van der Waals surface area contributed by atoms with Crippen LogP contribution in [0.4, 0.5) is 0 Å². The monoisotopic (exact) mass is 487 g/mol. The first-order chi connectivity index (χ1) is 18.3. The topological polar surface area (TPSA) is 105 Å². The molecule has 2 N–H and O–H groups in total. The minimum Gasteiger partial charge on any atom is -0.489 e. The Morgan fingerprint density at radius 2 is 1.68 bits per heavy atom. The zero-order chi connectivity index (χ0) is 24.6. The largest absolute Gasteiger partial charge is 0.489 e. The molecule has 6 aromatic heterocycles. The van der Waals surface area contributed by atoms with Crippen LogP contribution in [0, 0.1) is 0 Å². The van der Waals surface area contributed by atoms with E-state index in [-0.39, 0.29) is 6.10 Å². The zero-order valence-electron chi connectivity index (χ0n) is 20.2. The summed E-state index contributed by atoms with van der Waals surface area (Å²) in [6, 6.07) is 10.2. The molecule has 0 amide bonds. The van der Waals surface area contributed by atoms with Gasteiger partial charge in [0.15, 0.2) is 0 Å². The van der Waals surface area contributed by atoms with Crippen molar-refractivity contribution in [1.29, 1.82) is 0 Å². The first-order valence-electron chi connectivity index (χ1n) is 12.7. The van der Waals surface area contributed by atoms with Crippen molar-refractivity contribution in [1.82, 2.24) is 35.1 Å². The third-order valence-corrected chi connectivity index (χ3v) is 7.08. The highest BCUT2D eigenvalue weighted by molar-refractivity contribution is 6.00. The van der Waals surface area contributed by atoms with Crippen molar-refractivity contribution in [2.45, 2.75) is 38.2 Å². The molecule has 182 valence electrons. The molecular formula is C29H25N7O. The fourth-order valence-corrected chi connectivity index (χ4v) is 5.21. The minimum absolute atomic E-state index is 0.273. The molecule has 0 saturated heterocycles. The Bertz CT molecular complexity index is 1700. The second kappa shape index (κ2) is 9.13. The maximum atomic E-state index is 6.24. The van der Waals surface area contributed by atoms with Crippen LogP contribution in [0.1, 0.15) is 32.1 Å². The number of aromatic nitrogens is 7. The fourth-order valence-electron chi connectivity index (χ4n) is 5.21. The van der Waals surface area contributed by atoms with Crippen LogP contribution in [-0.2, 0) is 0 Å². The van der Waals surface area contributed by atoms with E-state index in [0.29, 0.717) is 0 Å². The van der Waals surface area contributed by atoms with Crippen molar-refractivity contribution >= 4 is 21.8 Å². The molecule has 1 fully saturated rings. The van der Waals surface area contributed by atoms with E-state index in [1.54, 1.807) is 12.4 Å². The van der Waals surface area contributed by atoms with Crippen LogP contribution in [0.5, 0.6) is 5.75 Å². The molecule has 0 aromatic carbocycles. The Morgan fingerprint density at radius 1 is 0.784 bits per heavy atom. The van der Waals surface area contributed by atoms with Gasteiger partial charge in [-0.3, -0.25) is 25.0 Å². The third kappa shape index (κ3) is 4.10. The van der Waals surface area contributed by atoms with Crippen molar-refractivity contribution in [2.24, 2.45) is 0 Å². The van der Waals surface area contributed by atoms with E-state index < -0.39 is 0 Å². The van der Waals surface area contributed by atoms with E-state index >= 15 is 0 Å². The Balaban J connectivity index is 1.26.